The molecular weight excluding hydrogens is 480 g/mol. The number of aromatic nitrogens is 4. The van der Waals surface area contributed by atoms with Crippen molar-refractivity contribution in [3.8, 4) is 0 Å². The van der Waals surface area contributed by atoms with Crippen LogP contribution in [0.2, 0.25) is 5.15 Å². The average molecular weight is 507 g/mol. The maximum absolute atomic E-state index is 12.4. The van der Waals surface area contributed by atoms with Crippen molar-refractivity contribution in [1.29, 1.82) is 0 Å². The standard InChI is InChI=1S/C22H27ClN6O4S/c1-22(2,3)33-21(30)28-10-7-14(8-11-28)16-13-25-20-19(24-9-12-29(16)20)26-15-5-6-17(27-18(15)23)34(4,31)32/h5-6,9,12-14H,7-8,10-11H2,1-4H3,(H,24,26). The second kappa shape index (κ2) is 9.03. The van der Waals surface area contributed by atoms with Crippen LogP contribution in [-0.4, -0.2) is 63.7 Å². The zero-order chi connectivity index (χ0) is 24.7. The van der Waals surface area contributed by atoms with Gasteiger partial charge in [0, 0.05) is 49.5 Å². The van der Waals surface area contributed by atoms with Gasteiger partial charge in [-0.1, -0.05) is 11.6 Å². The number of nitrogens with one attached hydrogen (secondary N) is 1. The van der Waals surface area contributed by atoms with Crippen LogP contribution in [0.25, 0.3) is 5.65 Å². The van der Waals surface area contributed by atoms with Crippen molar-refractivity contribution in [2.45, 2.75) is 50.2 Å². The molecule has 1 amide bonds. The van der Waals surface area contributed by atoms with Gasteiger partial charge in [0.05, 0.1) is 5.69 Å². The molecule has 34 heavy (non-hydrogen) atoms. The molecule has 3 aromatic rings. The SMILES string of the molecule is CC(C)(C)OC(=O)N1CCC(c2cnc3c(Nc4ccc(S(C)(=O)=O)nc4Cl)nccn23)CC1. The highest BCUT2D eigenvalue weighted by molar-refractivity contribution is 7.90. The third-order valence-corrected chi connectivity index (χ3v) is 6.75. The van der Waals surface area contributed by atoms with E-state index >= 15 is 0 Å². The van der Waals surface area contributed by atoms with Crippen molar-refractivity contribution in [3.63, 3.8) is 0 Å². The van der Waals surface area contributed by atoms with E-state index in [0.29, 0.717) is 30.2 Å². The number of hydrogen-bond donors (Lipinski definition) is 1. The van der Waals surface area contributed by atoms with E-state index < -0.39 is 15.4 Å². The molecule has 0 atom stereocenters. The maximum atomic E-state index is 12.4. The molecule has 0 spiro atoms. The molecule has 12 heteroatoms. The molecular formula is C22H27ClN6O4S. The summed E-state index contributed by atoms with van der Waals surface area (Å²) in [7, 11) is -3.47. The third kappa shape index (κ3) is 5.25. The van der Waals surface area contributed by atoms with E-state index in [1.165, 1.54) is 6.07 Å². The lowest BCUT2D eigenvalue weighted by Gasteiger charge is -2.33. The summed E-state index contributed by atoms with van der Waals surface area (Å²) >= 11 is 6.21. The van der Waals surface area contributed by atoms with Crippen molar-refractivity contribution >= 4 is 44.7 Å². The Morgan fingerprint density at radius 3 is 2.53 bits per heavy atom. The summed E-state index contributed by atoms with van der Waals surface area (Å²) in [5.41, 5.74) is 1.54. The summed E-state index contributed by atoms with van der Waals surface area (Å²) in [6.45, 7) is 6.80. The lowest BCUT2D eigenvalue weighted by atomic mass is 9.94. The number of sulfone groups is 1. The van der Waals surface area contributed by atoms with E-state index in [4.69, 9.17) is 16.3 Å². The number of hydrogen-bond acceptors (Lipinski definition) is 8. The Hall–Kier alpha value is -2.92. The number of fused-ring (bicyclic) bond motifs is 1. The van der Waals surface area contributed by atoms with E-state index in [9.17, 15) is 13.2 Å². The molecule has 182 valence electrons. The van der Waals surface area contributed by atoms with Crippen LogP contribution >= 0.6 is 11.6 Å². The number of ether oxygens (including phenoxy) is 1. The number of carbonyl (C=O) groups is 1. The Kier molecular flexibility index (Phi) is 6.43. The molecule has 0 radical (unpaired) electrons. The Labute approximate surface area is 203 Å². The first kappa shape index (κ1) is 24.2. The number of rotatable bonds is 4. The molecule has 0 aromatic carbocycles. The van der Waals surface area contributed by atoms with Crippen LogP contribution in [0.4, 0.5) is 16.3 Å². The molecule has 1 aliphatic heterocycles. The number of likely N-dealkylation sites (tertiary alicyclic amines) is 1. The van der Waals surface area contributed by atoms with Crippen LogP contribution in [0.5, 0.6) is 0 Å². The van der Waals surface area contributed by atoms with E-state index in [1.54, 1.807) is 17.2 Å². The largest absolute Gasteiger partial charge is 0.444 e. The van der Waals surface area contributed by atoms with E-state index in [2.05, 4.69) is 20.3 Å². The highest BCUT2D eigenvalue weighted by Gasteiger charge is 2.29. The molecule has 1 fully saturated rings. The second-order valence-corrected chi connectivity index (χ2v) is 11.6. The summed E-state index contributed by atoms with van der Waals surface area (Å²) in [5.74, 6) is 0.694. The average Bonchev–Trinajstić information content (AvgIpc) is 3.18. The molecule has 0 unspecified atom stereocenters. The highest BCUT2D eigenvalue weighted by atomic mass is 35.5. The van der Waals surface area contributed by atoms with Gasteiger partial charge in [0.25, 0.3) is 0 Å². The number of carbonyl (C=O) groups excluding carboxylic acids is 1. The van der Waals surface area contributed by atoms with Gasteiger partial charge in [-0.15, -0.1) is 0 Å². The van der Waals surface area contributed by atoms with Crippen LogP contribution in [0.3, 0.4) is 0 Å². The van der Waals surface area contributed by atoms with Crippen molar-refractivity contribution in [2.75, 3.05) is 24.7 Å². The maximum Gasteiger partial charge on any atom is 0.410 e. The Bertz CT molecular complexity index is 1330. The third-order valence-electron chi connectivity index (χ3n) is 5.48. The molecule has 3 aromatic heterocycles. The predicted octanol–water partition coefficient (Wildman–Crippen LogP) is 4.04. The van der Waals surface area contributed by atoms with Crippen LogP contribution < -0.4 is 5.32 Å². The molecule has 10 nitrogen and oxygen atoms in total. The van der Waals surface area contributed by atoms with Gasteiger partial charge in [-0.2, -0.15) is 0 Å². The zero-order valence-electron chi connectivity index (χ0n) is 19.4. The minimum atomic E-state index is -3.47. The Morgan fingerprint density at radius 1 is 1.21 bits per heavy atom. The number of anilines is 2. The number of amides is 1. The summed E-state index contributed by atoms with van der Waals surface area (Å²) < 4.78 is 30.9. The van der Waals surface area contributed by atoms with Crippen molar-refractivity contribution in [3.05, 3.63) is 41.6 Å². The number of piperidine rings is 1. The molecule has 1 saturated heterocycles. The number of pyridine rings is 1. The van der Waals surface area contributed by atoms with Crippen LogP contribution in [0.1, 0.15) is 45.2 Å². The first-order valence-electron chi connectivity index (χ1n) is 10.9. The van der Waals surface area contributed by atoms with E-state index in [0.717, 1.165) is 24.8 Å². The van der Waals surface area contributed by atoms with Crippen molar-refractivity contribution in [1.82, 2.24) is 24.3 Å². The fourth-order valence-electron chi connectivity index (χ4n) is 3.86. The smallest absolute Gasteiger partial charge is 0.410 e. The lowest BCUT2D eigenvalue weighted by molar-refractivity contribution is 0.0204. The molecule has 1 N–H and O–H groups in total. The fraction of sp³-hybridized carbons (Fsp3) is 0.455. The highest BCUT2D eigenvalue weighted by Crippen LogP contribution is 2.31. The quantitative estimate of drug-likeness (QED) is 0.526. The topological polar surface area (TPSA) is 119 Å². The predicted molar refractivity (Wildman–Crippen MR) is 128 cm³/mol. The first-order chi connectivity index (χ1) is 15.9. The summed E-state index contributed by atoms with van der Waals surface area (Å²) in [5, 5.41) is 3.02. The number of nitrogens with zero attached hydrogens (tertiary/aromatic N) is 5. The van der Waals surface area contributed by atoms with Gasteiger partial charge in [-0.25, -0.2) is 28.2 Å². The molecule has 4 rings (SSSR count). The minimum absolute atomic E-state index is 0.0213. The summed E-state index contributed by atoms with van der Waals surface area (Å²) in [4.78, 5) is 27.0. The Morgan fingerprint density at radius 2 is 1.91 bits per heavy atom. The Balaban J connectivity index is 1.51. The van der Waals surface area contributed by atoms with E-state index in [-0.39, 0.29) is 22.2 Å². The number of imidazole rings is 1. The van der Waals surface area contributed by atoms with Gasteiger partial charge in [-0.05, 0) is 45.7 Å². The summed E-state index contributed by atoms with van der Waals surface area (Å²) in [6, 6.07) is 2.94. The summed E-state index contributed by atoms with van der Waals surface area (Å²) in [6.07, 6.45) is 7.69. The molecule has 0 saturated carbocycles. The molecule has 1 aliphatic rings. The molecule has 4 heterocycles. The minimum Gasteiger partial charge on any atom is -0.444 e. The van der Waals surface area contributed by atoms with Gasteiger partial charge < -0.3 is 15.0 Å². The van der Waals surface area contributed by atoms with Gasteiger partial charge in [-0.3, -0.25) is 4.40 Å². The fourth-order valence-corrected chi connectivity index (χ4v) is 4.68. The molecule has 0 aliphatic carbocycles. The van der Waals surface area contributed by atoms with Crippen molar-refractivity contribution in [2.24, 2.45) is 0 Å². The second-order valence-electron chi connectivity index (χ2n) is 9.28. The van der Waals surface area contributed by atoms with Crippen LogP contribution in [-0.2, 0) is 14.6 Å². The zero-order valence-corrected chi connectivity index (χ0v) is 21.0. The van der Waals surface area contributed by atoms with Gasteiger partial charge in [0.2, 0.25) is 0 Å². The van der Waals surface area contributed by atoms with Crippen molar-refractivity contribution < 1.29 is 17.9 Å². The van der Waals surface area contributed by atoms with Gasteiger partial charge in [0.1, 0.15) is 5.60 Å². The van der Waals surface area contributed by atoms with Gasteiger partial charge in [0.15, 0.2) is 31.5 Å². The monoisotopic (exact) mass is 506 g/mol. The first-order valence-corrected chi connectivity index (χ1v) is 13.1. The van der Waals surface area contributed by atoms with Gasteiger partial charge >= 0.3 is 6.09 Å². The number of halogens is 1. The van der Waals surface area contributed by atoms with E-state index in [1.807, 2.05) is 37.6 Å². The normalized spacial score (nSPS) is 15.5. The molecule has 0 bridgehead atoms. The lowest BCUT2D eigenvalue weighted by Crippen LogP contribution is -2.41. The van der Waals surface area contributed by atoms with Crippen LogP contribution in [0, 0.1) is 0 Å². The van der Waals surface area contributed by atoms with Crippen LogP contribution in [0.15, 0.2) is 35.7 Å².